The normalized spacial score (nSPS) is 10.3. The van der Waals surface area contributed by atoms with E-state index >= 15 is 0 Å². The maximum absolute atomic E-state index is 5.43. The Morgan fingerprint density at radius 3 is 2.33 bits per heavy atom. The molecule has 0 saturated carbocycles. The molecule has 1 aromatic carbocycles. The lowest BCUT2D eigenvalue weighted by Gasteiger charge is -2.06. The first-order valence-electron chi connectivity index (χ1n) is 5.83. The summed E-state index contributed by atoms with van der Waals surface area (Å²) in [5.74, 6) is 0. The maximum Gasteiger partial charge on any atom is 0.0340 e. The van der Waals surface area contributed by atoms with Crippen molar-refractivity contribution in [3.8, 4) is 0 Å². The van der Waals surface area contributed by atoms with Crippen LogP contribution >= 0.6 is 0 Å². The lowest BCUT2D eigenvalue weighted by Crippen LogP contribution is -2.02. The zero-order valence-electron chi connectivity index (χ0n) is 9.63. The SMILES string of the molecule is Cc1ccc(NCCCCCCN)cc1. The van der Waals surface area contributed by atoms with Crippen LogP contribution in [0.3, 0.4) is 0 Å². The van der Waals surface area contributed by atoms with Crippen LogP contribution in [0.2, 0.25) is 0 Å². The molecule has 0 aromatic heterocycles. The topological polar surface area (TPSA) is 38.0 Å². The number of nitrogens with two attached hydrogens (primary N) is 1. The fourth-order valence-corrected chi connectivity index (χ4v) is 1.53. The molecule has 1 aromatic rings. The van der Waals surface area contributed by atoms with Crippen LogP contribution in [-0.4, -0.2) is 13.1 Å². The van der Waals surface area contributed by atoms with E-state index in [4.69, 9.17) is 5.73 Å². The van der Waals surface area contributed by atoms with Gasteiger partial charge in [0.2, 0.25) is 0 Å². The van der Waals surface area contributed by atoms with E-state index in [1.54, 1.807) is 0 Å². The molecule has 0 fully saturated rings. The van der Waals surface area contributed by atoms with Crippen molar-refractivity contribution in [3.05, 3.63) is 29.8 Å². The second-order valence-electron chi connectivity index (χ2n) is 4.00. The van der Waals surface area contributed by atoms with Crippen molar-refractivity contribution in [1.29, 1.82) is 0 Å². The second-order valence-corrected chi connectivity index (χ2v) is 4.00. The molecule has 0 amide bonds. The highest BCUT2D eigenvalue weighted by atomic mass is 14.9. The van der Waals surface area contributed by atoms with Gasteiger partial charge in [-0.2, -0.15) is 0 Å². The standard InChI is InChI=1S/C13H22N2/c1-12-6-8-13(9-7-12)15-11-5-3-2-4-10-14/h6-9,15H,2-5,10-11,14H2,1H3. The fraction of sp³-hybridized carbons (Fsp3) is 0.538. The highest BCUT2D eigenvalue weighted by Crippen LogP contribution is 2.09. The van der Waals surface area contributed by atoms with Gasteiger partial charge in [-0.15, -0.1) is 0 Å². The van der Waals surface area contributed by atoms with E-state index in [9.17, 15) is 0 Å². The van der Waals surface area contributed by atoms with Gasteiger partial charge < -0.3 is 11.1 Å². The summed E-state index contributed by atoms with van der Waals surface area (Å²) in [5, 5.41) is 3.42. The summed E-state index contributed by atoms with van der Waals surface area (Å²) in [4.78, 5) is 0. The predicted molar refractivity (Wildman–Crippen MR) is 67.2 cm³/mol. The van der Waals surface area contributed by atoms with Crippen LogP contribution in [0, 0.1) is 6.92 Å². The van der Waals surface area contributed by atoms with Crippen LogP contribution in [0.25, 0.3) is 0 Å². The Bertz CT molecular complexity index is 254. The van der Waals surface area contributed by atoms with Crippen molar-refractivity contribution < 1.29 is 0 Å². The van der Waals surface area contributed by atoms with E-state index in [-0.39, 0.29) is 0 Å². The Morgan fingerprint density at radius 2 is 1.67 bits per heavy atom. The molecule has 0 saturated heterocycles. The number of anilines is 1. The molecule has 2 heteroatoms. The van der Waals surface area contributed by atoms with Crippen molar-refractivity contribution in [2.45, 2.75) is 32.6 Å². The van der Waals surface area contributed by atoms with E-state index in [0.29, 0.717) is 0 Å². The fourth-order valence-electron chi connectivity index (χ4n) is 1.53. The third-order valence-corrected chi connectivity index (χ3v) is 2.51. The van der Waals surface area contributed by atoms with Crippen molar-refractivity contribution in [1.82, 2.24) is 0 Å². The number of nitrogens with one attached hydrogen (secondary N) is 1. The first kappa shape index (κ1) is 12.1. The van der Waals surface area contributed by atoms with Gasteiger partial charge in [-0.25, -0.2) is 0 Å². The van der Waals surface area contributed by atoms with Gasteiger partial charge in [-0.05, 0) is 38.4 Å². The quantitative estimate of drug-likeness (QED) is 0.673. The summed E-state index contributed by atoms with van der Waals surface area (Å²) < 4.78 is 0. The van der Waals surface area contributed by atoms with Crippen molar-refractivity contribution >= 4 is 5.69 Å². The van der Waals surface area contributed by atoms with Crippen LogP contribution in [0.4, 0.5) is 5.69 Å². The number of hydrogen-bond donors (Lipinski definition) is 2. The van der Waals surface area contributed by atoms with Crippen molar-refractivity contribution in [2.24, 2.45) is 5.73 Å². The maximum atomic E-state index is 5.43. The van der Waals surface area contributed by atoms with E-state index in [2.05, 4.69) is 36.5 Å². The molecule has 0 spiro atoms. The Labute approximate surface area is 92.9 Å². The van der Waals surface area contributed by atoms with Gasteiger partial charge in [0.25, 0.3) is 0 Å². The van der Waals surface area contributed by atoms with Gasteiger partial charge in [0.15, 0.2) is 0 Å². The van der Waals surface area contributed by atoms with Crippen LogP contribution in [-0.2, 0) is 0 Å². The predicted octanol–water partition coefficient (Wildman–Crippen LogP) is 2.93. The largest absolute Gasteiger partial charge is 0.385 e. The number of hydrogen-bond acceptors (Lipinski definition) is 2. The zero-order chi connectivity index (χ0) is 10.9. The molecule has 0 bridgehead atoms. The van der Waals surface area contributed by atoms with Gasteiger partial charge in [0.05, 0.1) is 0 Å². The van der Waals surface area contributed by atoms with E-state index in [1.165, 1.54) is 30.5 Å². The van der Waals surface area contributed by atoms with Crippen LogP contribution in [0.1, 0.15) is 31.2 Å². The van der Waals surface area contributed by atoms with Gasteiger partial charge in [-0.3, -0.25) is 0 Å². The van der Waals surface area contributed by atoms with E-state index in [1.807, 2.05) is 0 Å². The van der Waals surface area contributed by atoms with Crippen LogP contribution < -0.4 is 11.1 Å². The van der Waals surface area contributed by atoms with Crippen molar-refractivity contribution in [3.63, 3.8) is 0 Å². The lowest BCUT2D eigenvalue weighted by atomic mass is 10.2. The Hall–Kier alpha value is -1.02. The average molecular weight is 206 g/mol. The molecule has 0 aliphatic rings. The molecule has 0 aliphatic carbocycles. The highest BCUT2D eigenvalue weighted by Gasteiger charge is 1.91. The summed E-state index contributed by atoms with van der Waals surface area (Å²) in [6, 6.07) is 8.54. The zero-order valence-corrected chi connectivity index (χ0v) is 9.63. The Morgan fingerprint density at radius 1 is 1.00 bits per heavy atom. The highest BCUT2D eigenvalue weighted by molar-refractivity contribution is 5.44. The molecule has 0 heterocycles. The molecule has 0 unspecified atom stereocenters. The molecule has 2 nitrogen and oxygen atoms in total. The number of unbranched alkanes of at least 4 members (excludes halogenated alkanes) is 3. The third-order valence-electron chi connectivity index (χ3n) is 2.51. The molecule has 0 aliphatic heterocycles. The summed E-state index contributed by atoms with van der Waals surface area (Å²) in [7, 11) is 0. The first-order valence-corrected chi connectivity index (χ1v) is 5.83. The van der Waals surface area contributed by atoms with Gasteiger partial charge in [0.1, 0.15) is 0 Å². The minimum atomic E-state index is 0.825. The lowest BCUT2D eigenvalue weighted by molar-refractivity contribution is 0.661. The number of rotatable bonds is 7. The van der Waals surface area contributed by atoms with E-state index in [0.717, 1.165) is 19.5 Å². The molecule has 1 rings (SSSR count). The van der Waals surface area contributed by atoms with Gasteiger partial charge >= 0.3 is 0 Å². The average Bonchev–Trinajstić information content (AvgIpc) is 2.26. The minimum absolute atomic E-state index is 0.825. The van der Waals surface area contributed by atoms with Crippen molar-refractivity contribution in [2.75, 3.05) is 18.4 Å². The Kier molecular flexibility index (Phi) is 5.86. The summed E-state index contributed by atoms with van der Waals surface area (Å²) >= 11 is 0. The number of benzene rings is 1. The third kappa shape index (κ3) is 5.43. The van der Waals surface area contributed by atoms with Crippen LogP contribution in [0.15, 0.2) is 24.3 Å². The van der Waals surface area contributed by atoms with Gasteiger partial charge in [-0.1, -0.05) is 30.5 Å². The molecule has 84 valence electrons. The molecule has 0 atom stereocenters. The molecule has 0 radical (unpaired) electrons. The molecule has 3 N–H and O–H groups in total. The van der Waals surface area contributed by atoms with E-state index < -0.39 is 0 Å². The summed E-state index contributed by atoms with van der Waals surface area (Å²) in [5.41, 5.74) is 7.96. The van der Waals surface area contributed by atoms with Gasteiger partial charge in [0, 0.05) is 12.2 Å². The summed E-state index contributed by atoms with van der Waals surface area (Å²) in [6.07, 6.45) is 4.92. The van der Waals surface area contributed by atoms with Crippen LogP contribution in [0.5, 0.6) is 0 Å². The number of aryl methyl sites for hydroxylation is 1. The summed E-state index contributed by atoms with van der Waals surface area (Å²) in [6.45, 7) is 4.00. The molecular weight excluding hydrogens is 184 g/mol. The second kappa shape index (κ2) is 7.30. The minimum Gasteiger partial charge on any atom is -0.385 e. The molecular formula is C13H22N2. The monoisotopic (exact) mass is 206 g/mol. The first-order chi connectivity index (χ1) is 7.33. The molecule has 15 heavy (non-hydrogen) atoms. The smallest absolute Gasteiger partial charge is 0.0340 e. The Balaban J connectivity index is 2.07.